The Balaban J connectivity index is 2.68. The lowest BCUT2D eigenvalue weighted by atomic mass is 10.0. The summed E-state index contributed by atoms with van der Waals surface area (Å²) in [5.74, 6) is 0. The molecule has 1 aromatic heterocycles. The molecule has 1 atom stereocenters. The summed E-state index contributed by atoms with van der Waals surface area (Å²) in [6.45, 7) is 4.16. The first-order valence-corrected chi connectivity index (χ1v) is 6.17. The standard InChI is InChI=1S/C12H20F3N3O/c1-4-10(16)5-11-8(2)17-18(9(11)3)7-19-6-12(13,14)15/h10H,4-7,16H2,1-3H3. The molecule has 0 bridgehead atoms. The summed E-state index contributed by atoms with van der Waals surface area (Å²) >= 11 is 0. The van der Waals surface area contributed by atoms with E-state index in [9.17, 15) is 13.2 Å². The van der Waals surface area contributed by atoms with E-state index < -0.39 is 12.8 Å². The molecule has 19 heavy (non-hydrogen) atoms. The Morgan fingerprint density at radius 3 is 2.53 bits per heavy atom. The second-order valence-electron chi connectivity index (χ2n) is 4.61. The smallest absolute Gasteiger partial charge is 0.350 e. The molecule has 1 aromatic rings. The Hall–Kier alpha value is -1.08. The highest BCUT2D eigenvalue weighted by Crippen LogP contribution is 2.17. The number of nitrogens with two attached hydrogens (primary N) is 1. The average Bonchev–Trinajstić information content (AvgIpc) is 2.55. The molecule has 0 spiro atoms. The number of hydrogen-bond donors (Lipinski definition) is 1. The predicted octanol–water partition coefficient (Wildman–Crippen LogP) is 2.32. The lowest BCUT2D eigenvalue weighted by Crippen LogP contribution is -2.22. The summed E-state index contributed by atoms with van der Waals surface area (Å²) in [6, 6.07) is 0.0335. The second kappa shape index (κ2) is 6.38. The summed E-state index contributed by atoms with van der Waals surface area (Å²) in [5.41, 5.74) is 8.48. The molecule has 0 aliphatic carbocycles. The Morgan fingerprint density at radius 1 is 1.37 bits per heavy atom. The van der Waals surface area contributed by atoms with Crippen LogP contribution in [0.1, 0.15) is 30.3 Å². The molecule has 0 fully saturated rings. The normalized spacial score (nSPS) is 13.8. The van der Waals surface area contributed by atoms with Gasteiger partial charge in [0.25, 0.3) is 0 Å². The van der Waals surface area contributed by atoms with E-state index in [4.69, 9.17) is 5.73 Å². The molecule has 2 N–H and O–H groups in total. The van der Waals surface area contributed by atoms with Gasteiger partial charge in [-0.05, 0) is 32.3 Å². The van der Waals surface area contributed by atoms with Crippen LogP contribution in [0.4, 0.5) is 13.2 Å². The van der Waals surface area contributed by atoms with E-state index >= 15 is 0 Å². The molecule has 1 unspecified atom stereocenters. The van der Waals surface area contributed by atoms with Crippen LogP contribution in [0.3, 0.4) is 0 Å². The van der Waals surface area contributed by atoms with E-state index in [2.05, 4.69) is 9.84 Å². The van der Waals surface area contributed by atoms with Crippen molar-refractivity contribution in [3.8, 4) is 0 Å². The second-order valence-corrected chi connectivity index (χ2v) is 4.61. The zero-order chi connectivity index (χ0) is 14.6. The maximum Gasteiger partial charge on any atom is 0.411 e. The molecule has 0 amide bonds. The van der Waals surface area contributed by atoms with Crippen LogP contribution in [-0.4, -0.2) is 28.6 Å². The van der Waals surface area contributed by atoms with E-state index in [1.54, 1.807) is 0 Å². The third-order valence-corrected chi connectivity index (χ3v) is 3.00. The van der Waals surface area contributed by atoms with Crippen LogP contribution in [0.2, 0.25) is 0 Å². The summed E-state index contributed by atoms with van der Waals surface area (Å²) < 4.78 is 42.0. The van der Waals surface area contributed by atoms with Gasteiger partial charge in [-0.2, -0.15) is 18.3 Å². The lowest BCUT2D eigenvalue weighted by molar-refractivity contribution is -0.182. The zero-order valence-electron chi connectivity index (χ0n) is 11.4. The van der Waals surface area contributed by atoms with Gasteiger partial charge >= 0.3 is 6.18 Å². The van der Waals surface area contributed by atoms with Crippen LogP contribution in [0.25, 0.3) is 0 Å². The van der Waals surface area contributed by atoms with Crippen molar-refractivity contribution in [2.45, 2.75) is 52.6 Å². The quantitative estimate of drug-likeness (QED) is 0.869. The number of nitrogens with zero attached hydrogens (tertiary/aromatic N) is 2. The number of aryl methyl sites for hydroxylation is 1. The van der Waals surface area contributed by atoms with E-state index in [1.807, 2.05) is 20.8 Å². The number of ether oxygens (including phenoxy) is 1. The SMILES string of the molecule is CCC(N)Cc1c(C)nn(COCC(F)(F)F)c1C. The van der Waals surface area contributed by atoms with Gasteiger partial charge in [0.1, 0.15) is 13.3 Å². The maximum atomic E-state index is 12.0. The van der Waals surface area contributed by atoms with Gasteiger partial charge < -0.3 is 10.5 Å². The first-order valence-electron chi connectivity index (χ1n) is 6.17. The highest BCUT2D eigenvalue weighted by molar-refractivity contribution is 5.25. The number of hydrogen-bond acceptors (Lipinski definition) is 3. The third-order valence-electron chi connectivity index (χ3n) is 3.00. The monoisotopic (exact) mass is 279 g/mol. The molecule has 0 aromatic carbocycles. The van der Waals surface area contributed by atoms with Crippen LogP contribution in [-0.2, 0) is 17.9 Å². The largest absolute Gasteiger partial charge is 0.411 e. The van der Waals surface area contributed by atoms with Crippen molar-refractivity contribution in [1.82, 2.24) is 9.78 Å². The van der Waals surface area contributed by atoms with Gasteiger partial charge in [0.2, 0.25) is 0 Å². The van der Waals surface area contributed by atoms with Gasteiger partial charge in [0.05, 0.1) is 5.69 Å². The number of alkyl halides is 3. The molecule has 0 radical (unpaired) electrons. The van der Waals surface area contributed by atoms with Gasteiger partial charge in [-0.3, -0.25) is 0 Å². The third kappa shape index (κ3) is 4.83. The summed E-state index contributed by atoms with van der Waals surface area (Å²) in [4.78, 5) is 0. The average molecular weight is 279 g/mol. The molecule has 0 aliphatic heterocycles. The first kappa shape index (κ1) is 16.0. The molecular formula is C12H20F3N3O. The minimum absolute atomic E-state index is 0.0335. The molecule has 1 rings (SSSR count). The van der Waals surface area contributed by atoms with Gasteiger partial charge in [-0.25, -0.2) is 4.68 Å². The molecule has 110 valence electrons. The maximum absolute atomic E-state index is 12.0. The highest BCUT2D eigenvalue weighted by Gasteiger charge is 2.27. The zero-order valence-corrected chi connectivity index (χ0v) is 11.4. The Labute approximate surface area is 110 Å². The van der Waals surface area contributed by atoms with Crippen molar-refractivity contribution in [1.29, 1.82) is 0 Å². The number of halogens is 3. The predicted molar refractivity (Wildman–Crippen MR) is 65.7 cm³/mol. The summed E-state index contributed by atoms with van der Waals surface area (Å²) in [5, 5.41) is 4.19. The van der Waals surface area contributed by atoms with E-state index in [1.165, 1.54) is 4.68 Å². The van der Waals surface area contributed by atoms with Gasteiger partial charge in [0, 0.05) is 11.7 Å². The Morgan fingerprint density at radius 2 is 2.00 bits per heavy atom. The van der Waals surface area contributed by atoms with E-state index in [-0.39, 0.29) is 12.8 Å². The number of aromatic nitrogens is 2. The minimum atomic E-state index is -4.32. The summed E-state index contributed by atoms with van der Waals surface area (Å²) in [7, 11) is 0. The van der Waals surface area contributed by atoms with Gasteiger partial charge in [-0.1, -0.05) is 6.92 Å². The molecule has 0 saturated heterocycles. The summed E-state index contributed by atoms with van der Waals surface area (Å²) in [6.07, 6.45) is -2.80. The lowest BCUT2D eigenvalue weighted by Gasteiger charge is -2.10. The van der Waals surface area contributed by atoms with Crippen molar-refractivity contribution in [3.63, 3.8) is 0 Å². The van der Waals surface area contributed by atoms with Crippen molar-refractivity contribution < 1.29 is 17.9 Å². The molecule has 7 heteroatoms. The Kier molecular flexibility index (Phi) is 5.37. The fraction of sp³-hybridized carbons (Fsp3) is 0.750. The molecule has 0 saturated carbocycles. The van der Waals surface area contributed by atoms with Crippen LogP contribution < -0.4 is 5.73 Å². The minimum Gasteiger partial charge on any atom is -0.350 e. The molecular weight excluding hydrogens is 259 g/mol. The van der Waals surface area contributed by atoms with Crippen LogP contribution in [0, 0.1) is 13.8 Å². The van der Waals surface area contributed by atoms with E-state index in [0.29, 0.717) is 6.42 Å². The van der Waals surface area contributed by atoms with Crippen LogP contribution >= 0.6 is 0 Å². The number of rotatable bonds is 6. The van der Waals surface area contributed by atoms with Crippen molar-refractivity contribution in [2.75, 3.05) is 6.61 Å². The van der Waals surface area contributed by atoms with Gasteiger partial charge in [0.15, 0.2) is 0 Å². The van der Waals surface area contributed by atoms with Crippen molar-refractivity contribution >= 4 is 0 Å². The fourth-order valence-corrected chi connectivity index (χ4v) is 1.81. The van der Waals surface area contributed by atoms with Crippen molar-refractivity contribution in [2.24, 2.45) is 5.73 Å². The van der Waals surface area contributed by atoms with Crippen LogP contribution in [0.15, 0.2) is 0 Å². The molecule has 4 nitrogen and oxygen atoms in total. The Bertz CT molecular complexity index is 415. The highest BCUT2D eigenvalue weighted by atomic mass is 19.4. The van der Waals surface area contributed by atoms with E-state index in [0.717, 1.165) is 23.4 Å². The van der Waals surface area contributed by atoms with Crippen molar-refractivity contribution in [3.05, 3.63) is 17.0 Å². The topological polar surface area (TPSA) is 53.1 Å². The van der Waals surface area contributed by atoms with Crippen LogP contribution in [0.5, 0.6) is 0 Å². The fourth-order valence-electron chi connectivity index (χ4n) is 1.81. The van der Waals surface area contributed by atoms with Gasteiger partial charge in [-0.15, -0.1) is 0 Å². The molecule has 0 aliphatic rings. The first-order chi connectivity index (χ1) is 8.74. The molecule has 1 heterocycles.